The zero-order chi connectivity index (χ0) is 15.2. The maximum atomic E-state index is 12.3. The van der Waals surface area contributed by atoms with Gasteiger partial charge in [-0.05, 0) is 38.5 Å². The van der Waals surface area contributed by atoms with Crippen molar-refractivity contribution >= 4 is 40.1 Å². The Morgan fingerprint density at radius 2 is 2.10 bits per heavy atom. The van der Waals surface area contributed by atoms with Crippen molar-refractivity contribution in [3.63, 3.8) is 0 Å². The van der Waals surface area contributed by atoms with Crippen LogP contribution in [-0.4, -0.2) is 21.9 Å². The zero-order valence-electron chi connectivity index (χ0n) is 11.8. The number of rotatable bonds is 3. The number of ether oxygens (including phenoxy) is 1. The van der Waals surface area contributed by atoms with Crippen molar-refractivity contribution in [2.24, 2.45) is 5.92 Å². The Bertz CT molecular complexity index is 728. The summed E-state index contributed by atoms with van der Waals surface area (Å²) in [4.78, 5) is 16.8. The summed E-state index contributed by atoms with van der Waals surface area (Å²) in [5.41, 5.74) is 3.19. The molecule has 0 aliphatic heterocycles. The first-order valence-electron chi connectivity index (χ1n) is 6.80. The summed E-state index contributed by atoms with van der Waals surface area (Å²) >= 11 is 11.9. The fourth-order valence-electron chi connectivity index (χ4n) is 2.35. The maximum Gasteiger partial charge on any atom is 0.338 e. The van der Waals surface area contributed by atoms with Crippen LogP contribution >= 0.6 is 23.2 Å². The van der Waals surface area contributed by atoms with Gasteiger partial charge in [-0.15, -0.1) is 23.2 Å². The average molecular weight is 324 g/mol. The molecular formula is C16H15Cl2NO2. The van der Waals surface area contributed by atoms with Crippen LogP contribution in [0.1, 0.15) is 28.0 Å². The third-order valence-corrected chi connectivity index (χ3v) is 4.61. The number of aromatic nitrogens is 1. The molecule has 1 heterocycles. The highest BCUT2D eigenvalue weighted by Gasteiger charge is 2.52. The number of esters is 1. The lowest BCUT2D eigenvalue weighted by molar-refractivity contribution is 0.0487. The second-order valence-electron chi connectivity index (χ2n) is 5.59. The minimum Gasteiger partial charge on any atom is -0.462 e. The van der Waals surface area contributed by atoms with Gasteiger partial charge in [0.25, 0.3) is 0 Å². The van der Waals surface area contributed by atoms with E-state index in [9.17, 15) is 4.79 Å². The molecule has 1 atom stereocenters. The van der Waals surface area contributed by atoms with Gasteiger partial charge < -0.3 is 4.74 Å². The van der Waals surface area contributed by atoms with Gasteiger partial charge >= 0.3 is 5.97 Å². The Labute approximate surface area is 133 Å². The first-order chi connectivity index (χ1) is 9.87. The number of benzene rings is 1. The van der Waals surface area contributed by atoms with Gasteiger partial charge in [0, 0.05) is 17.0 Å². The number of hydrogen-bond acceptors (Lipinski definition) is 3. The van der Waals surface area contributed by atoms with Crippen LogP contribution in [0.5, 0.6) is 0 Å². The molecule has 0 amide bonds. The van der Waals surface area contributed by atoms with Gasteiger partial charge in [-0.1, -0.05) is 11.6 Å². The second-order valence-corrected chi connectivity index (χ2v) is 7.13. The first-order valence-corrected chi connectivity index (χ1v) is 7.55. The van der Waals surface area contributed by atoms with Crippen LogP contribution in [-0.2, 0) is 4.74 Å². The zero-order valence-corrected chi connectivity index (χ0v) is 13.3. The summed E-state index contributed by atoms with van der Waals surface area (Å²) in [7, 11) is 0. The normalized spacial score (nSPS) is 19.5. The number of nitrogens with zero attached hydrogens (tertiary/aromatic N) is 1. The van der Waals surface area contributed by atoms with Crippen LogP contribution in [0.3, 0.4) is 0 Å². The van der Waals surface area contributed by atoms with E-state index in [4.69, 9.17) is 27.9 Å². The molecule has 1 aromatic carbocycles. The average Bonchev–Trinajstić information content (AvgIpc) is 3.03. The van der Waals surface area contributed by atoms with E-state index in [2.05, 4.69) is 4.98 Å². The summed E-state index contributed by atoms with van der Waals surface area (Å²) < 4.78 is 4.63. The minimum atomic E-state index is -0.729. The van der Waals surface area contributed by atoms with Crippen molar-refractivity contribution in [1.29, 1.82) is 0 Å². The molecule has 1 unspecified atom stereocenters. The molecule has 1 aromatic heterocycles. The van der Waals surface area contributed by atoms with Crippen LogP contribution in [0.4, 0.5) is 0 Å². The molecule has 110 valence electrons. The van der Waals surface area contributed by atoms with Crippen LogP contribution in [0, 0.1) is 19.8 Å². The Balaban J connectivity index is 1.88. The molecule has 1 fully saturated rings. The summed E-state index contributed by atoms with van der Waals surface area (Å²) in [6.45, 7) is 4.09. The summed E-state index contributed by atoms with van der Waals surface area (Å²) in [6.07, 6.45) is 0.665. The van der Waals surface area contributed by atoms with Gasteiger partial charge in [0.15, 0.2) is 0 Å². The van der Waals surface area contributed by atoms with Crippen LogP contribution in [0.2, 0.25) is 0 Å². The SMILES string of the molecule is Cc1ccc2nc(C)cc(C(=O)OCC3CC3(Cl)Cl)c2c1. The molecule has 3 rings (SSSR count). The summed E-state index contributed by atoms with van der Waals surface area (Å²) in [6, 6.07) is 7.59. The lowest BCUT2D eigenvalue weighted by atomic mass is 10.1. The van der Waals surface area contributed by atoms with Gasteiger partial charge in [0.2, 0.25) is 0 Å². The molecule has 5 heteroatoms. The number of alkyl halides is 2. The predicted octanol–water partition coefficient (Wildman–Crippen LogP) is 4.20. The molecule has 0 N–H and O–H groups in total. The fraction of sp³-hybridized carbons (Fsp3) is 0.375. The van der Waals surface area contributed by atoms with E-state index in [0.29, 0.717) is 12.0 Å². The monoisotopic (exact) mass is 323 g/mol. The minimum absolute atomic E-state index is 0.0284. The first kappa shape index (κ1) is 14.6. The molecule has 0 bridgehead atoms. The van der Waals surface area contributed by atoms with Gasteiger partial charge in [0.1, 0.15) is 4.33 Å². The Hall–Kier alpha value is -1.32. The van der Waals surface area contributed by atoms with Crippen molar-refractivity contribution in [2.75, 3.05) is 6.61 Å². The highest BCUT2D eigenvalue weighted by molar-refractivity contribution is 6.50. The molecule has 1 aliphatic carbocycles. The number of halogens is 2. The Kier molecular flexibility index (Phi) is 3.58. The number of hydrogen-bond donors (Lipinski definition) is 0. The molecule has 3 nitrogen and oxygen atoms in total. The standard InChI is InChI=1S/C16H15Cl2NO2/c1-9-3-4-14-12(5-9)13(6-10(2)19-14)15(20)21-8-11-7-16(11,17)18/h3-6,11H,7-8H2,1-2H3. The molecule has 0 saturated heterocycles. The predicted molar refractivity (Wildman–Crippen MR) is 84.0 cm³/mol. The van der Waals surface area contributed by atoms with Crippen LogP contribution < -0.4 is 0 Å². The third kappa shape index (κ3) is 2.99. The number of carbonyl (C=O) groups is 1. The molecule has 2 aromatic rings. The van der Waals surface area contributed by atoms with Gasteiger partial charge in [-0.3, -0.25) is 4.98 Å². The molecule has 1 aliphatic rings. The van der Waals surface area contributed by atoms with E-state index < -0.39 is 4.33 Å². The smallest absolute Gasteiger partial charge is 0.338 e. The number of carbonyl (C=O) groups excluding carboxylic acids is 1. The van der Waals surface area contributed by atoms with E-state index in [1.54, 1.807) is 6.07 Å². The van der Waals surface area contributed by atoms with E-state index in [1.165, 1.54) is 0 Å². The highest BCUT2D eigenvalue weighted by atomic mass is 35.5. The van der Waals surface area contributed by atoms with Gasteiger partial charge in [-0.2, -0.15) is 0 Å². The highest BCUT2D eigenvalue weighted by Crippen LogP contribution is 2.53. The Morgan fingerprint density at radius 3 is 2.76 bits per heavy atom. The molecule has 1 saturated carbocycles. The van der Waals surface area contributed by atoms with E-state index in [-0.39, 0.29) is 18.5 Å². The third-order valence-electron chi connectivity index (χ3n) is 3.68. The van der Waals surface area contributed by atoms with E-state index >= 15 is 0 Å². The number of fused-ring (bicyclic) bond motifs is 1. The second kappa shape index (κ2) is 5.15. The van der Waals surface area contributed by atoms with E-state index in [1.807, 2.05) is 32.0 Å². The van der Waals surface area contributed by atoms with E-state index in [0.717, 1.165) is 22.2 Å². The molecule has 0 spiro atoms. The summed E-state index contributed by atoms with van der Waals surface area (Å²) in [5.74, 6) is -0.326. The lowest BCUT2D eigenvalue weighted by Gasteiger charge is -2.09. The maximum absolute atomic E-state index is 12.3. The molecule has 0 radical (unpaired) electrons. The lowest BCUT2D eigenvalue weighted by Crippen LogP contribution is -2.11. The van der Waals surface area contributed by atoms with Crippen molar-refractivity contribution in [3.8, 4) is 0 Å². The van der Waals surface area contributed by atoms with Crippen LogP contribution in [0.15, 0.2) is 24.3 Å². The number of pyridine rings is 1. The van der Waals surface area contributed by atoms with Crippen molar-refractivity contribution in [2.45, 2.75) is 24.6 Å². The quantitative estimate of drug-likeness (QED) is 0.627. The van der Waals surface area contributed by atoms with Gasteiger partial charge in [-0.25, -0.2) is 4.79 Å². The Morgan fingerprint density at radius 1 is 1.38 bits per heavy atom. The molecular weight excluding hydrogens is 309 g/mol. The van der Waals surface area contributed by atoms with Crippen molar-refractivity contribution in [1.82, 2.24) is 4.98 Å². The topological polar surface area (TPSA) is 39.2 Å². The number of aryl methyl sites for hydroxylation is 2. The molecule has 21 heavy (non-hydrogen) atoms. The summed E-state index contributed by atoms with van der Waals surface area (Å²) in [5, 5.41) is 0.810. The largest absolute Gasteiger partial charge is 0.462 e. The van der Waals surface area contributed by atoms with Gasteiger partial charge in [0.05, 0.1) is 17.7 Å². The van der Waals surface area contributed by atoms with Crippen molar-refractivity contribution in [3.05, 3.63) is 41.1 Å². The van der Waals surface area contributed by atoms with Crippen LogP contribution in [0.25, 0.3) is 10.9 Å². The fourth-order valence-corrected chi connectivity index (χ4v) is 2.84. The van der Waals surface area contributed by atoms with Crippen molar-refractivity contribution < 1.29 is 9.53 Å².